The van der Waals surface area contributed by atoms with Crippen LogP contribution in [-0.2, 0) is 4.52 Å². The van der Waals surface area contributed by atoms with E-state index in [1.54, 1.807) is 31.3 Å². The van der Waals surface area contributed by atoms with Crippen molar-refractivity contribution in [1.29, 1.82) is 0 Å². The van der Waals surface area contributed by atoms with Crippen molar-refractivity contribution in [1.82, 2.24) is 5.32 Å². The fourth-order valence-electron chi connectivity index (χ4n) is 1.64. The molecule has 0 saturated carbocycles. The van der Waals surface area contributed by atoms with E-state index in [1.165, 1.54) is 0 Å². The molecule has 0 aliphatic heterocycles. The fraction of sp³-hybridized carbons (Fsp3) is 0.429. The van der Waals surface area contributed by atoms with Gasteiger partial charge in [-0.1, -0.05) is 12.1 Å². The lowest BCUT2D eigenvalue weighted by atomic mass is 10.1. The van der Waals surface area contributed by atoms with Gasteiger partial charge in [0.25, 0.3) is 5.91 Å². The molecule has 19 heavy (non-hydrogen) atoms. The van der Waals surface area contributed by atoms with Gasteiger partial charge in [0.2, 0.25) is 0 Å². The van der Waals surface area contributed by atoms with Crippen molar-refractivity contribution >= 4 is 19.8 Å². The van der Waals surface area contributed by atoms with Gasteiger partial charge in [-0.2, -0.15) is 0 Å². The molecule has 1 atom stereocenters. The molecule has 0 saturated heterocycles. The van der Waals surface area contributed by atoms with Gasteiger partial charge in [-0.3, -0.25) is 9.59 Å². The van der Waals surface area contributed by atoms with Gasteiger partial charge in [-0.05, 0) is 31.9 Å². The quantitative estimate of drug-likeness (QED) is 0.617. The molecule has 5 heteroatoms. The van der Waals surface area contributed by atoms with E-state index in [2.05, 4.69) is 5.32 Å². The highest BCUT2D eigenvalue weighted by Crippen LogP contribution is 2.32. The van der Waals surface area contributed by atoms with Crippen molar-refractivity contribution in [2.75, 3.05) is 26.5 Å². The van der Waals surface area contributed by atoms with E-state index in [0.717, 1.165) is 6.16 Å². The average molecular weight is 281 g/mol. The van der Waals surface area contributed by atoms with Crippen LogP contribution >= 0.6 is 8.15 Å². The third-order valence-electron chi connectivity index (χ3n) is 2.70. The van der Waals surface area contributed by atoms with Crippen molar-refractivity contribution in [3.8, 4) is 0 Å². The standard InChI is InChI=1S/C14H20NO3P/c1-4-18-19(3)10-9-13(16)11-5-7-12(8-6-11)14(17)15-2/h5-8H,4,9-10H2,1-3H3,(H,15,17). The highest BCUT2D eigenvalue weighted by molar-refractivity contribution is 7.51. The zero-order valence-corrected chi connectivity index (χ0v) is 12.5. The second-order valence-corrected chi connectivity index (χ2v) is 6.06. The molecule has 104 valence electrons. The summed E-state index contributed by atoms with van der Waals surface area (Å²) in [6, 6.07) is 6.74. The van der Waals surface area contributed by atoms with E-state index in [-0.39, 0.29) is 11.7 Å². The molecular formula is C14H20NO3P. The summed E-state index contributed by atoms with van der Waals surface area (Å²) >= 11 is 0. The molecule has 0 bridgehead atoms. The number of amides is 1. The number of carbonyl (C=O) groups excluding carboxylic acids is 2. The zero-order chi connectivity index (χ0) is 14.3. The first kappa shape index (κ1) is 15.8. The van der Waals surface area contributed by atoms with Gasteiger partial charge in [0.15, 0.2) is 5.78 Å². The number of benzene rings is 1. The van der Waals surface area contributed by atoms with E-state index < -0.39 is 8.15 Å². The lowest BCUT2D eigenvalue weighted by molar-refractivity contribution is 0.0958. The van der Waals surface area contributed by atoms with Crippen molar-refractivity contribution in [2.24, 2.45) is 0 Å². The lowest BCUT2D eigenvalue weighted by Crippen LogP contribution is -2.17. The summed E-state index contributed by atoms with van der Waals surface area (Å²) in [6.45, 7) is 4.68. The van der Waals surface area contributed by atoms with Gasteiger partial charge in [0.1, 0.15) is 0 Å². The van der Waals surface area contributed by atoms with Gasteiger partial charge in [-0.15, -0.1) is 0 Å². The summed E-state index contributed by atoms with van der Waals surface area (Å²) in [5.74, 6) is -0.0510. The van der Waals surface area contributed by atoms with Crippen LogP contribution in [0.4, 0.5) is 0 Å². The zero-order valence-electron chi connectivity index (χ0n) is 11.6. The topological polar surface area (TPSA) is 55.4 Å². The minimum absolute atomic E-state index is 0.0949. The van der Waals surface area contributed by atoms with E-state index >= 15 is 0 Å². The van der Waals surface area contributed by atoms with Crippen LogP contribution in [0.1, 0.15) is 34.1 Å². The minimum Gasteiger partial charge on any atom is -0.360 e. The number of hydrogen-bond donors (Lipinski definition) is 1. The number of hydrogen-bond acceptors (Lipinski definition) is 3. The van der Waals surface area contributed by atoms with Crippen molar-refractivity contribution in [3.05, 3.63) is 35.4 Å². The summed E-state index contributed by atoms with van der Waals surface area (Å²) in [5, 5.41) is 2.55. The van der Waals surface area contributed by atoms with Crippen LogP contribution in [0.5, 0.6) is 0 Å². The van der Waals surface area contributed by atoms with Gasteiger partial charge in [-0.25, -0.2) is 0 Å². The summed E-state index contributed by atoms with van der Waals surface area (Å²) in [7, 11) is 1.07. The maximum absolute atomic E-state index is 12.0. The number of rotatable bonds is 7. The third kappa shape index (κ3) is 5.09. The fourth-order valence-corrected chi connectivity index (χ4v) is 2.73. The number of nitrogens with one attached hydrogen (secondary N) is 1. The van der Waals surface area contributed by atoms with E-state index in [4.69, 9.17) is 4.52 Å². The van der Waals surface area contributed by atoms with E-state index in [1.807, 2.05) is 13.6 Å². The normalized spacial score (nSPS) is 11.9. The van der Waals surface area contributed by atoms with Crippen LogP contribution in [0.15, 0.2) is 24.3 Å². The van der Waals surface area contributed by atoms with Gasteiger partial charge < -0.3 is 9.84 Å². The maximum atomic E-state index is 12.0. The van der Waals surface area contributed by atoms with Gasteiger partial charge >= 0.3 is 0 Å². The SMILES string of the molecule is CCOP(C)CCC(=O)c1ccc(C(=O)NC)cc1. The predicted octanol–water partition coefficient (Wildman–Crippen LogP) is 2.68. The Hall–Kier alpha value is -1.25. The summed E-state index contributed by atoms with van der Waals surface area (Å²) in [6.07, 6.45) is 1.26. The van der Waals surface area contributed by atoms with E-state index in [0.29, 0.717) is 24.2 Å². The molecule has 1 aromatic rings. The summed E-state index contributed by atoms with van der Waals surface area (Å²) in [4.78, 5) is 23.3. The number of carbonyl (C=O) groups is 2. The highest BCUT2D eigenvalue weighted by atomic mass is 31.1. The largest absolute Gasteiger partial charge is 0.360 e. The monoisotopic (exact) mass is 281 g/mol. The van der Waals surface area contributed by atoms with Crippen LogP contribution < -0.4 is 5.32 Å². The lowest BCUT2D eigenvalue weighted by Gasteiger charge is -2.10. The van der Waals surface area contributed by atoms with Crippen LogP contribution in [0.25, 0.3) is 0 Å². The van der Waals surface area contributed by atoms with Gasteiger partial charge in [0.05, 0.1) is 0 Å². The molecule has 0 spiro atoms. The van der Waals surface area contributed by atoms with Crippen LogP contribution in [-0.4, -0.2) is 38.2 Å². The Kier molecular flexibility index (Phi) is 6.68. The Labute approximate surface area is 115 Å². The smallest absolute Gasteiger partial charge is 0.251 e. The van der Waals surface area contributed by atoms with Crippen molar-refractivity contribution in [3.63, 3.8) is 0 Å². The molecule has 0 fully saturated rings. The molecule has 0 aliphatic rings. The first-order valence-electron chi connectivity index (χ1n) is 6.27. The highest BCUT2D eigenvalue weighted by Gasteiger charge is 2.10. The number of ketones is 1. The molecule has 1 rings (SSSR count). The first-order chi connectivity index (χ1) is 9.08. The molecule has 0 heterocycles. The molecule has 1 N–H and O–H groups in total. The van der Waals surface area contributed by atoms with E-state index in [9.17, 15) is 9.59 Å². The Bertz CT molecular complexity index is 431. The Balaban J connectivity index is 2.56. The molecule has 0 aromatic heterocycles. The molecule has 0 aliphatic carbocycles. The maximum Gasteiger partial charge on any atom is 0.251 e. The molecule has 4 nitrogen and oxygen atoms in total. The average Bonchev–Trinajstić information content (AvgIpc) is 2.44. The summed E-state index contributed by atoms with van der Waals surface area (Å²) in [5.41, 5.74) is 1.21. The Morgan fingerprint density at radius 1 is 1.21 bits per heavy atom. The minimum atomic E-state index is -0.508. The second kappa shape index (κ2) is 8.03. The molecule has 0 radical (unpaired) electrons. The molecule has 1 unspecified atom stereocenters. The molecule has 1 amide bonds. The van der Waals surface area contributed by atoms with Crippen LogP contribution in [0.2, 0.25) is 0 Å². The number of Topliss-reactive ketones (excluding diaryl/α,β-unsaturated/α-hetero) is 1. The van der Waals surface area contributed by atoms with Crippen molar-refractivity contribution < 1.29 is 14.1 Å². The molecular weight excluding hydrogens is 261 g/mol. The first-order valence-corrected chi connectivity index (χ1v) is 8.17. The predicted molar refractivity (Wildman–Crippen MR) is 78.1 cm³/mol. The van der Waals surface area contributed by atoms with Gasteiger partial charge in [0, 0.05) is 39.4 Å². The van der Waals surface area contributed by atoms with Crippen LogP contribution in [0.3, 0.4) is 0 Å². The second-order valence-electron chi connectivity index (χ2n) is 4.10. The van der Waals surface area contributed by atoms with Crippen molar-refractivity contribution in [2.45, 2.75) is 13.3 Å². The summed E-state index contributed by atoms with van der Waals surface area (Å²) < 4.78 is 5.45. The van der Waals surface area contributed by atoms with Crippen LogP contribution in [0, 0.1) is 0 Å². The third-order valence-corrected chi connectivity index (χ3v) is 4.25. The Morgan fingerprint density at radius 2 is 1.79 bits per heavy atom. The Morgan fingerprint density at radius 3 is 2.32 bits per heavy atom. The molecule has 1 aromatic carbocycles.